The van der Waals surface area contributed by atoms with Gasteiger partial charge in [0, 0.05) is 43.4 Å². The summed E-state index contributed by atoms with van der Waals surface area (Å²) in [6, 6.07) is 5.68. The van der Waals surface area contributed by atoms with Gasteiger partial charge in [0.15, 0.2) is 0 Å². The molecule has 1 aliphatic rings. The van der Waals surface area contributed by atoms with Gasteiger partial charge in [0.1, 0.15) is 10.7 Å². The fourth-order valence-electron chi connectivity index (χ4n) is 3.50. The van der Waals surface area contributed by atoms with Gasteiger partial charge >= 0.3 is 0 Å². The van der Waals surface area contributed by atoms with E-state index in [2.05, 4.69) is 25.2 Å². The highest BCUT2D eigenvalue weighted by atomic mass is 35.5. The van der Waals surface area contributed by atoms with Crippen molar-refractivity contribution in [3.05, 3.63) is 63.0 Å². The highest BCUT2D eigenvalue weighted by Gasteiger charge is 2.22. The molecule has 0 aliphatic carbocycles. The van der Waals surface area contributed by atoms with E-state index >= 15 is 0 Å². The van der Waals surface area contributed by atoms with Gasteiger partial charge < -0.3 is 10.1 Å². The summed E-state index contributed by atoms with van der Waals surface area (Å²) >= 11 is 13.6. The molecule has 1 fully saturated rings. The third-order valence-electron chi connectivity index (χ3n) is 5.14. The maximum Gasteiger partial charge on any atom is 0.226 e. The minimum Gasteiger partial charge on any atom is -0.374 e. The molecule has 4 rings (SSSR count). The second-order valence-electron chi connectivity index (χ2n) is 7.57. The smallest absolute Gasteiger partial charge is 0.226 e. The molecule has 168 valence electrons. The highest BCUT2D eigenvalue weighted by molar-refractivity contribution is 7.15. The lowest BCUT2D eigenvalue weighted by molar-refractivity contribution is -0.121. The molecule has 1 aliphatic heterocycles. The predicted octanol–water partition coefficient (Wildman–Crippen LogP) is 3.78. The molecule has 3 aromatic rings. The number of aromatic nitrogens is 3. The van der Waals surface area contributed by atoms with E-state index in [4.69, 9.17) is 27.9 Å². The number of halogens is 2. The van der Waals surface area contributed by atoms with E-state index in [1.807, 2.05) is 25.1 Å². The van der Waals surface area contributed by atoms with Crippen LogP contribution in [0, 0.1) is 6.92 Å². The molecular formula is C22H23Cl2N5O2S. The molecule has 0 bridgehead atoms. The van der Waals surface area contributed by atoms with Crippen molar-refractivity contribution in [3.63, 3.8) is 0 Å². The number of nitrogens with zero attached hydrogens (tertiary/aromatic N) is 4. The summed E-state index contributed by atoms with van der Waals surface area (Å²) in [6.07, 6.45) is 5.08. The van der Waals surface area contributed by atoms with Crippen molar-refractivity contribution in [1.82, 2.24) is 25.2 Å². The van der Waals surface area contributed by atoms with E-state index in [0.29, 0.717) is 28.9 Å². The summed E-state index contributed by atoms with van der Waals surface area (Å²) in [5.74, 6) is -0.0747. The zero-order valence-electron chi connectivity index (χ0n) is 17.6. The lowest BCUT2D eigenvalue weighted by atomic mass is 10.2. The Morgan fingerprint density at radius 3 is 2.97 bits per heavy atom. The Bertz CT molecular complexity index is 1080. The van der Waals surface area contributed by atoms with Gasteiger partial charge in [0.25, 0.3) is 0 Å². The normalized spacial score (nSPS) is 16.8. The molecule has 0 saturated carbocycles. The van der Waals surface area contributed by atoms with Crippen LogP contribution in [0.1, 0.15) is 16.1 Å². The van der Waals surface area contributed by atoms with E-state index in [9.17, 15) is 4.79 Å². The number of aryl methyl sites for hydroxylation is 1. The third-order valence-corrected chi connectivity index (χ3v) is 6.92. The minimum atomic E-state index is -0.0747. The fourth-order valence-corrected chi connectivity index (χ4v) is 4.71. The number of nitrogens with one attached hydrogen (secondary N) is 1. The Morgan fingerprint density at radius 2 is 2.19 bits per heavy atom. The zero-order chi connectivity index (χ0) is 22.5. The van der Waals surface area contributed by atoms with Crippen LogP contribution in [0.4, 0.5) is 0 Å². The number of rotatable bonds is 7. The maximum absolute atomic E-state index is 12.5. The molecular weight excluding hydrogens is 469 g/mol. The van der Waals surface area contributed by atoms with Gasteiger partial charge in [0.2, 0.25) is 5.91 Å². The highest BCUT2D eigenvalue weighted by Crippen LogP contribution is 2.26. The van der Waals surface area contributed by atoms with E-state index in [1.54, 1.807) is 18.6 Å². The third kappa shape index (κ3) is 6.02. The van der Waals surface area contributed by atoms with Crippen LogP contribution in [-0.2, 0) is 22.5 Å². The van der Waals surface area contributed by atoms with E-state index in [-0.39, 0.29) is 18.4 Å². The Labute approximate surface area is 200 Å². The van der Waals surface area contributed by atoms with E-state index in [0.717, 1.165) is 40.8 Å². The first kappa shape index (κ1) is 23.1. The molecule has 1 atom stereocenters. The lowest BCUT2D eigenvalue weighted by Gasteiger charge is -2.33. The largest absolute Gasteiger partial charge is 0.374 e. The number of amides is 1. The van der Waals surface area contributed by atoms with Crippen LogP contribution in [0.2, 0.25) is 10.0 Å². The number of hydrogen-bond acceptors (Lipinski definition) is 7. The maximum atomic E-state index is 12.5. The second-order valence-corrected chi connectivity index (χ2v) is 9.59. The summed E-state index contributed by atoms with van der Waals surface area (Å²) in [6.45, 7) is 5.35. The van der Waals surface area contributed by atoms with Crippen LogP contribution in [0.3, 0.4) is 0 Å². The van der Waals surface area contributed by atoms with E-state index < -0.39 is 0 Å². The fraction of sp³-hybridized carbons (Fsp3) is 0.364. The lowest BCUT2D eigenvalue weighted by Crippen LogP contribution is -2.47. The van der Waals surface area contributed by atoms with Crippen molar-refractivity contribution in [2.45, 2.75) is 26.0 Å². The number of hydrogen-bond donors (Lipinski definition) is 1. The number of thiazole rings is 1. The van der Waals surface area contributed by atoms with Crippen LogP contribution in [0.25, 0.3) is 10.7 Å². The van der Waals surface area contributed by atoms with Crippen molar-refractivity contribution in [2.24, 2.45) is 0 Å². The minimum absolute atomic E-state index is 0.0674. The molecule has 10 heteroatoms. The quantitative estimate of drug-likeness (QED) is 0.541. The van der Waals surface area contributed by atoms with Crippen molar-refractivity contribution < 1.29 is 9.53 Å². The first-order valence-corrected chi connectivity index (χ1v) is 11.8. The second kappa shape index (κ2) is 10.7. The Morgan fingerprint density at radius 1 is 1.31 bits per heavy atom. The summed E-state index contributed by atoms with van der Waals surface area (Å²) in [4.78, 5) is 28.8. The molecule has 7 nitrogen and oxygen atoms in total. The summed E-state index contributed by atoms with van der Waals surface area (Å²) < 4.78 is 5.84. The SMILES string of the molecule is Cc1sc(-c2cnccn2)nc1CC(=O)NC[C@H]1CN(Cc2ccc(Cl)c(Cl)c2)CCO1. The number of carbonyl (C=O) groups excluding carboxylic acids is 1. The summed E-state index contributed by atoms with van der Waals surface area (Å²) in [5.41, 5.74) is 2.57. The molecule has 1 saturated heterocycles. The molecule has 3 heterocycles. The monoisotopic (exact) mass is 491 g/mol. The average molecular weight is 492 g/mol. The van der Waals surface area contributed by atoms with Gasteiger partial charge in [-0.3, -0.25) is 19.7 Å². The van der Waals surface area contributed by atoms with Crippen LogP contribution >= 0.6 is 34.5 Å². The molecule has 1 aromatic carbocycles. The Hall–Kier alpha value is -2.10. The van der Waals surface area contributed by atoms with Crippen molar-refractivity contribution in [2.75, 3.05) is 26.2 Å². The van der Waals surface area contributed by atoms with Gasteiger partial charge in [-0.1, -0.05) is 29.3 Å². The van der Waals surface area contributed by atoms with Crippen LogP contribution < -0.4 is 5.32 Å². The van der Waals surface area contributed by atoms with Gasteiger partial charge in [-0.25, -0.2) is 4.98 Å². The van der Waals surface area contributed by atoms with Crippen molar-refractivity contribution in [1.29, 1.82) is 0 Å². The first-order valence-electron chi connectivity index (χ1n) is 10.2. The molecule has 32 heavy (non-hydrogen) atoms. The van der Waals surface area contributed by atoms with Gasteiger partial charge in [0.05, 0.1) is 41.1 Å². The summed E-state index contributed by atoms with van der Waals surface area (Å²) in [7, 11) is 0. The van der Waals surface area contributed by atoms with Gasteiger partial charge in [-0.05, 0) is 24.6 Å². The Kier molecular flexibility index (Phi) is 7.70. The number of benzene rings is 1. The van der Waals surface area contributed by atoms with Crippen LogP contribution in [0.5, 0.6) is 0 Å². The number of morpholine rings is 1. The standard InChI is InChI=1S/C22H23Cl2N5O2S/c1-14-19(28-22(32-14)20-11-25-4-5-26-20)9-21(30)27-10-16-13-29(6-7-31-16)12-15-2-3-17(23)18(24)8-15/h2-5,8,11,16H,6-7,9-10,12-13H2,1H3,(H,27,30)/t16-/m0/s1. The first-order chi connectivity index (χ1) is 15.5. The van der Waals surface area contributed by atoms with Gasteiger partial charge in [-0.15, -0.1) is 11.3 Å². The molecule has 1 N–H and O–H groups in total. The van der Waals surface area contributed by atoms with Crippen LogP contribution in [0.15, 0.2) is 36.8 Å². The Balaban J connectivity index is 1.27. The molecule has 0 spiro atoms. The topological polar surface area (TPSA) is 80.2 Å². The number of ether oxygens (including phenoxy) is 1. The van der Waals surface area contributed by atoms with Crippen LogP contribution in [-0.4, -0.2) is 58.1 Å². The number of carbonyl (C=O) groups is 1. The average Bonchev–Trinajstić information content (AvgIpc) is 3.16. The molecule has 2 aromatic heterocycles. The van der Waals surface area contributed by atoms with Gasteiger partial charge in [-0.2, -0.15) is 0 Å². The van der Waals surface area contributed by atoms with Crippen molar-refractivity contribution >= 4 is 40.4 Å². The zero-order valence-corrected chi connectivity index (χ0v) is 19.9. The van der Waals surface area contributed by atoms with E-state index in [1.165, 1.54) is 11.3 Å². The molecule has 1 amide bonds. The molecule has 0 radical (unpaired) electrons. The molecule has 0 unspecified atom stereocenters. The summed E-state index contributed by atoms with van der Waals surface area (Å²) in [5, 5.41) is 4.87. The predicted molar refractivity (Wildman–Crippen MR) is 126 cm³/mol. The van der Waals surface area contributed by atoms with Crippen molar-refractivity contribution in [3.8, 4) is 10.7 Å².